The predicted octanol–water partition coefficient (Wildman–Crippen LogP) is 4.66. The molecule has 0 saturated carbocycles. The number of likely N-dealkylation sites (tertiary alicyclic amines) is 1. The highest BCUT2D eigenvalue weighted by atomic mass is 15.1. The molecule has 2 heteroatoms. The number of rotatable bonds is 8. The standard InChI is InChI=1S/C18H30N2/c1-3-7-17(8-4-2)19-18-11-9-16(10-12-18)15-20-13-5-6-14-20/h9-12,17,19H,3-8,13-15H2,1-2H3. The third kappa shape index (κ3) is 4.82. The first kappa shape index (κ1) is 15.4. The summed E-state index contributed by atoms with van der Waals surface area (Å²) in [6.07, 6.45) is 7.78. The van der Waals surface area contributed by atoms with Gasteiger partial charge in [-0.15, -0.1) is 0 Å². The third-order valence-corrected chi connectivity index (χ3v) is 4.20. The van der Waals surface area contributed by atoms with Crippen LogP contribution in [0.3, 0.4) is 0 Å². The van der Waals surface area contributed by atoms with E-state index in [1.54, 1.807) is 0 Å². The number of anilines is 1. The lowest BCUT2D eigenvalue weighted by atomic mass is 10.1. The van der Waals surface area contributed by atoms with Crippen molar-refractivity contribution in [3.63, 3.8) is 0 Å². The molecule has 1 aromatic carbocycles. The molecule has 1 saturated heterocycles. The van der Waals surface area contributed by atoms with E-state index in [4.69, 9.17) is 0 Å². The minimum absolute atomic E-state index is 0.634. The Labute approximate surface area is 124 Å². The van der Waals surface area contributed by atoms with E-state index >= 15 is 0 Å². The first-order valence-electron chi connectivity index (χ1n) is 8.39. The maximum Gasteiger partial charge on any atom is 0.0342 e. The van der Waals surface area contributed by atoms with E-state index in [1.165, 1.54) is 62.9 Å². The number of benzene rings is 1. The summed E-state index contributed by atoms with van der Waals surface area (Å²) in [5.74, 6) is 0. The van der Waals surface area contributed by atoms with Crippen LogP contribution in [0.25, 0.3) is 0 Å². The second-order valence-electron chi connectivity index (χ2n) is 6.10. The van der Waals surface area contributed by atoms with Crippen LogP contribution in [-0.4, -0.2) is 24.0 Å². The highest BCUT2D eigenvalue weighted by Crippen LogP contribution is 2.17. The van der Waals surface area contributed by atoms with Crippen LogP contribution >= 0.6 is 0 Å². The highest BCUT2D eigenvalue weighted by molar-refractivity contribution is 5.45. The van der Waals surface area contributed by atoms with Crippen molar-refractivity contribution in [1.82, 2.24) is 4.90 Å². The molecule has 0 amide bonds. The van der Waals surface area contributed by atoms with Gasteiger partial charge in [-0.1, -0.05) is 38.8 Å². The molecule has 0 aliphatic carbocycles. The molecule has 2 rings (SSSR count). The molecule has 2 nitrogen and oxygen atoms in total. The van der Waals surface area contributed by atoms with Gasteiger partial charge in [-0.05, 0) is 56.5 Å². The van der Waals surface area contributed by atoms with E-state index in [0.29, 0.717) is 6.04 Å². The quantitative estimate of drug-likeness (QED) is 0.741. The van der Waals surface area contributed by atoms with E-state index in [0.717, 1.165) is 6.54 Å². The highest BCUT2D eigenvalue weighted by Gasteiger charge is 2.11. The first-order valence-corrected chi connectivity index (χ1v) is 8.39. The topological polar surface area (TPSA) is 15.3 Å². The number of hydrogen-bond acceptors (Lipinski definition) is 2. The van der Waals surface area contributed by atoms with Gasteiger partial charge >= 0.3 is 0 Å². The molecule has 0 spiro atoms. The van der Waals surface area contributed by atoms with Gasteiger partial charge in [0.25, 0.3) is 0 Å². The third-order valence-electron chi connectivity index (χ3n) is 4.20. The minimum Gasteiger partial charge on any atom is -0.382 e. The molecule has 0 unspecified atom stereocenters. The summed E-state index contributed by atoms with van der Waals surface area (Å²) in [6.45, 7) is 8.20. The summed E-state index contributed by atoms with van der Waals surface area (Å²) in [5.41, 5.74) is 2.72. The zero-order chi connectivity index (χ0) is 14.2. The molecule has 1 aliphatic rings. The Morgan fingerprint density at radius 1 is 1.00 bits per heavy atom. The molecule has 0 radical (unpaired) electrons. The van der Waals surface area contributed by atoms with Crippen molar-refractivity contribution in [1.29, 1.82) is 0 Å². The Hall–Kier alpha value is -1.02. The lowest BCUT2D eigenvalue weighted by molar-refractivity contribution is 0.331. The zero-order valence-electron chi connectivity index (χ0n) is 13.2. The van der Waals surface area contributed by atoms with Crippen LogP contribution in [0.4, 0.5) is 5.69 Å². The zero-order valence-corrected chi connectivity index (χ0v) is 13.2. The van der Waals surface area contributed by atoms with Gasteiger partial charge < -0.3 is 5.32 Å². The minimum atomic E-state index is 0.634. The van der Waals surface area contributed by atoms with Crippen LogP contribution in [0.15, 0.2) is 24.3 Å². The molecule has 20 heavy (non-hydrogen) atoms. The number of nitrogens with zero attached hydrogens (tertiary/aromatic N) is 1. The van der Waals surface area contributed by atoms with Crippen LogP contribution in [0.2, 0.25) is 0 Å². The molecule has 0 aromatic heterocycles. The van der Waals surface area contributed by atoms with Crippen molar-refractivity contribution in [2.75, 3.05) is 18.4 Å². The monoisotopic (exact) mass is 274 g/mol. The average molecular weight is 274 g/mol. The van der Waals surface area contributed by atoms with Crippen molar-refractivity contribution in [2.45, 2.75) is 65.0 Å². The maximum absolute atomic E-state index is 3.69. The molecule has 0 bridgehead atoms. The summed E-state index contributed by atoms with van der Waals surface area (Å²) >= 11 is 0. The first-order chi connectivity index (χ1) is 9.81. The Morgan fingerprint density at radius 2 is 1.60 bits per heavy atom. The van der Waals surface area contributed by atoms with Gasteiger partial charge in [-0.3, -0.25) is 4.90 Å². The largest absolute Gasteiger partial charge is 0.382 e. The van der Waals surface area contributed by atoms with Crippen molar-refractivity contribution in [3.05, 3.63) is 29.8 Å². The molecule has 0 atom stereocenters. The number of hydrogen-bond donors (Lipinski definition) is 1. The molecule has 1 aromatic rings. The Balaban J connectivity index is 1.86. The van der Waals surface area contributed by atoms with Crippen LogP contribution < -0.4 is 5.32 Å². The fraction of sp³-hybridized carbons (Fsp3) is 0.667. The van der Waals surface area contributed by atoms with Crippen molar-refractivity contribution < 1.29 is 0 Å². The lowest BCUT2D eigenvalue weighted by Gasteiger charge is -2.19. The summed E-state index contributed by atoms with van der Waals surface area (Å²) in [7, 11) is 0. The van der Waals surface area contributed by atoms with E-state index in [-0.39, 0.29) is 0 Å². The van der Waals surface area contributed by atoms with E-state index < -0.39 is 0 Å². The van der Waals surface area contributed by atoms with Gasteiger partial charge in [0.2, 0.25) is 0 Å². The fourth-order valence-corrected chi connectivity index (χ4v) is 3.13. The van der Waals surface area contributed by atoms with E-state index in [2.05, 4.69) is 48.3 Å². The van der Waals surface area contributed by atoms with Crippen LogP contribution in [0.1, 0.15) is 57.9 Å². The smallest absolute Gasteiger partial charge is 0.0342 e. The van der Waals surface area contributed by atoms with Gasteiger partial charge in [-0.2, -0.15) is 0 Å². The molecule has 1 fully saturated rings. The summed E-state index contributed by atoms with van der Waals surface area (Å²) in [4.78, 5) is 2.55. The van der Waals surface area contributed by atoms with Crippen molar-refractivity contribution in [2.24, 2.45) is 0 Å². The van der Waals surface area contributed by atoms with Gasteiger partial charge in [0.05, 0.1) is 0 Å². The Bertz CT molecular complexity index is 360. The second kappa shape index (κ2) is 8.31. The molecule has 1 N–H and O–H groups in total. The van der Waals surface area contributed by atoms with Gasteiger partial charge in [0.1, 0.15) is 0 Å². The molecular weight excluding hydrogens is 244 g/mol. The SMILES string of the molecule is CCCC(CCC)Nc1ccc(CN2CCCC2)cc1. The maximum atomic E-state index is 3.69. The van der Waals surface area contributed by atoms with Gasteiger partial charge in [0, 0.05) is 18.3 Å². The summed E-state index contributed by atoms with van der Waals surface area (Å²) in [6, 6.07) is 9.72. The Kier molecular flexibility index (Phi) is 6.38. The fourth-order valence-electron chi connectivity index (χ4n) is 3.13. The normalized spacial score (nSPS) is 15.9. The summed E-state index contributed by atoms with van der Waals surface area (Å²) < 4.78 is 0. The lowest BCUT2D eigenvalue weighted by Crippen LogP contribution is -2.19. The van der Waals surface area contributed by atoms with Crippen LogP contribution in [-0.2, 0) is 6.54 Å². The molecule has 112 valence electrons. The molecular formula is C18H30N2. The van der Waals surface area contributed by atoms with E-state index in [1.807, 2.05) is 0 Å². The summed E-state index contributed by atoms with van der Waals surface area (Å²) in [5, 5.41) is 3.69. The predicted molar refractivity (Wildman–Crippen MR) is 88.2 cm³/mol. The number of nitrogens with one attached hydrogen (secondary N) is 1. The average Bonchev–Trinajstić information content (AvgIpc) is 2.94. The second-order valence-corrected chi connectivity index (χ2v) is 6.10. The van der Waals surface area contributed by atoms with Crippen molar-refractivity contribution >= 4 is 5.69 Å². The molecule has 1 heterocycles. The van der Waals surface area contributed by atoms with Crippen LogP contribution in [0, 0.1) is 0 Å². The Morgan fingerprint density at radius 3 is 2.15 bits per heavy atom. The van der Waals surface area contributed by atoms with Gasteiger partial charge in [-0.25, -0.2) is 0 Å². The van der Waals surface area contributed by atoms with Gasteiger partial charge in [0.15, 0.2) is 0 Å². The van der Waals surface area contributed by atoms with Crippen LogP contribution in [0.5, 0.6) is 0 Å². The molecule has 1 aliphatic heterocycles. The van der Waals surface area contributed by atoms with Crippen molar-refractivity contribution in [3.8, 4) is 0 Å². The van der Waals surface area contributed by atoms with E-state index in [9.17, 15) is 0 Å².